The lowest BCUT2D eigenvalue weighted by atomic mass is 10.1. The van der Waals surface area contributed by atoms with Crippen LogP contribution in [0.4, 0.5) is 0 Å². The summed E-state index contributed by atoms with van der Waals surface area (Å²) in [6.07, 6.45) is 17.4. The van der Waals surface area contributed by atoms with E-state index in [0.29, 0.717) is 6.42 Å². The van der Waals surface area contributed by atoms with Crippen molar-refractivity contribution in [2.45, 2.75) is 96.5 Å². The van der Waals surface area contributed by atoms with Crippen molar-refractivity contribution in [1.82, 2.24) is 0 Å². The van der Waals surface area contributed by atoms with Crippen LogP contribution in [-0.4, -0.2) is 22.3 Å². The van der Waals surface area contributed by atoms with Gasteiger partial charge in [0.15, 0.2) is 0 Å². The number of hydrogen-bond donors (Lipinski definition) is 2. The van der Waals surface area contributed by atoms with Gasteiger partial charge in [-0.2, -0.15) is 0 Å². The normalized spacial score (nSPS) is 12.9. The van der Waals surface area contributed by atoms with Crippen molar-refractivity contribution < 1.29 is 15.0 Å². The first-order valence-electron chi connectivity index (χ1n) is 8.71. The molecule has 0 aliphatic rings. The number of allylic oxidation sites excluding steroid dienone is 1. The highest BCUT2D eigenvalue weighted by Gasteiger charge is 2.00. The monoisotopic (exact) mass is 298 g/mol. The van der Waals surface area contributed by atoms with Gasteiger partial charge < -0.3 is 10.2 Å². The topological polar surface area (TPSA) is 57.5 Å². The maximum absolute atomic E-state index is 10.3. The van der Waals surface area contributed by atoms with Crippen molar-refractivity contribution in [3.8, 4) is 0 Å². The Morgan fingerprint density at radius 3 is 2.33 bits per heavy atom. The minimum Gasteiger partial charge on any atom is -0.481 e. The molecule has 0 heterocycles. The van der Waals surface area contributed by atoms with Crippen LogP contribution in [0.25, 0.3) is 0 Å². The Hall–Kier alpha value is -0.830. The zero-order valence-corrected chi connectivity index (χ0v) is 13.7. The molecule has 0 radical (unpaired) electrons. The quantitative estimate of drug-likeness (QED) is 0.327. The maximum atomic E-state index is 10.3. The first-order valence-corrected chi connectivity index (χ1v) is 8.71. The molecule has 0 aromatic heterocycles. The van der Waals surface area contributed by atoms with Crippen LogP contribution in [0.15, 0.2) is 12.2 Å². The number of aliphatic carboxylic acids is 1. The Morgan fingerprint density at radius 1 is 0.952 bits per heavy atom. The molecule has 0 aromatic carbocycles. The highest BCUT2D eigenvalue weighted by molar-refractivity contribution is 5.66. The fourth-order valence-electron chi connectivity index (χ4n) is 2.36. The minimum absolute atomic E-state index is 0.172. The van der Waals surface area contributed by atoms with Crippen molar-refractivity contribution in [1.29, 1.82) is 0 Å². The predicted molar refractivity (Wildman–Crippen MR) is 88.5 cm³/mol. The fourth-order valence-corrected chi connectivity index (χ4v) is 2.36. The standard InChI is InChI=1S/C18H34O3/c1-2-3-4-11-14-17(19)15-12-9-7-5-6-8-10-13-16-18(20)21/h9,12,17,19H,2-8,10-11,13-16H2,1H3,(H,20,21)/b12-9+/t17-/m1/s1. The molecule has 124 valence electrons. The summed E-state index contributed by atoms with van der Waals surface area (Å²) in [5, 5.41) is 18.3. The molecule has 0 fully saturated rings. The molecule has 21 heavy (non-hydrogen) atoms. The van der Waals surface area contributed by atoms with Gasteiger partial charge in [0.1, 0.15) is 0 Å². The van der Waals surface area contributed by atoms with E-state index in [4.69, 9.17) is 5.11 Å². The summed E-state index contributed by atoms with van der Waals surface area (Å²) in [5.74, 6) is -0.689. The Labute approximate surface area is 130 Å². The second-order valence-electron chi connectivity index (χ2n) is 5.91. The molecule has 0 amide bonds. The average Bonchev–Trinajstić information content (AvgIpc) is 2.45. The summed E-state index contributed by atoms with van der Waals surface area (Å²) in [7, 11) is 0. The molecule has 0 saturated carbocycles. The number of carbonyl (C=O) groups is 1. The van der Waals surface area contributed by atoms with Crippen molar-refractivity contribution in [3.63, 3.8) is 0 Å². The third kappa shape index (κ3) is 17.1. The maximum Gasteiger partial charge on any atom is 0.303 e. The molecule has 0 saturated heterocycles. The summed E-state index contributed by atoms with van der Waals surface area (Å²) in [4.78, 5) is 10.3. The number of rotatable bonds is 15. The number of aliphatic hydroxyl groups is 1. The molecule has 0 unspecified atom stereocenters. The zero-order chi connectivity index (χ0) is 15.8. The Morgan fingerprint density at radius 2 is 1.62 bits per heavy atom. The van der Waals surface area contributed by atoms with E-state index in [0.717, 1.165) is 51.4 Å². The van der Waals surface area contributed by atoms with Crippen LogP contribution < -0.4 is 0 Å². The van der Waals surface area contributed by atoms with Crippen LogP contribution in [0.3, 0.4) is 0 Å². The van der Waals surface area contributed by atoms with Gasteiger partial charge in [-0.15, -0.1) is 0 Å². The molecule has 0 rings (SSSR count). The van der Waals surface area contributed by atoms with Gasteiger partial charge in [0.2, 0.25) is 0 Å². The molecule has 0 bridgehead atoms. The van der Waals surface area contributed by atoms with Crippen molar-refractivity contribution in [2.75, 3.05) is 0 Å². The third-order valence-corrected chi connectivity index (χ3v) is 3.73. The second kappa shape index (κ2) is 15.6. The SMILES string of the molecule is CCCCCC[C@@H](O)C/C=C/CCCCCCCC(=O)O. The molecular weight excluding hydrogens is 264 g/mol. The molecule has 0 spiro atoms. The summed E-state index contributed by atoms with van der Waals surface area (Å²) < 4.78 is 0. The number of carboxylic acids is 1. The van der Waals surface area contributed by atoms with Gasteiger partial charge in [-0.1, -0.05) is 64.0 Å². The lowest BCUT2D eigenvalue weighted by Gasteiger charge is -2.07. The van der Waals surface area contributed by atoms with E-state index in [2.05, 4.69) is 19.1 Å². The van der Waals surface area contributed by atoms with Crippen molar-refractivity contribution in [2.24, 2.45) is 0 Å². The van der Waals surface area contributed by atoms with E-state index < -0.39 is 5.97 Å². The van der Waals surface area contributed by atoms with Crippen molar-refractivity contribution >= 4 is 5.97 Å². The van der Waals surface area contributed by atoms with Gasteiger partial charge in [0.05, 0.1) is 6.10 Å². The highest BCUT2D eigenvalue weighted by atomic mass is 16.4. The average molecular weight is 298 g/mol. The van der Waals surface area contributed by atoms with Crippen LogP contribution in [0.2, 0.25) is 0 Å². The van der Waals surface area contributed by atoms with Crippen LogP contribution in [0.1, 0.15) is 90.4 Å². The smallest absolute Gasteiger partial charge is 0.303 e. The van der Waals surface area contributed by atoms with E-state index in [9.17, 15) is 9.90 Å². The van der Waals surface area contributed by atoms with Crippen LogP contribution in [0.5, 0.6) is 0 Å². The third-order valence-electron chi connectivity index (χ3n) is 3.73. The molecule has 0 aliphatic carbocycles. The van der Waals surface area contributed by atoms with E-state index in [-0.39, 0.29) is 6.10 Å². The summed E-state index contributed by atoms with van der Waals surface area (Å²) in [6.45, 7) is 2.20. The minimum atomic E-state index is -0.689. The van der Waals surface area contributed by atoms with Gasteiger partial charge in [-0.25, -0.2) is 0 Å². The largest absolute Gasteiger partial charge is 0.481 e. The van der Waals surface area contributed by atoms with Gasteiger partial charge >= 0.3 is 5.97 Å². The first-order chi connectivity index (χ1) is 10.2. The Kier molecular flexibility index (Phi) is 14.9. The number of unbranched alkanes of at least 4 members (excludes halogenated alkanes) is 8. The van der Waals surface area contributed by atoms with E-state index >= 15 is 0 Å². The van der Waals surface area contributed by atoms with E-state index in [1.807, 2.05) is 0 Å². The highest BCUT2D eigenvalue weighted by Crippen LogP contribution is 2.10. The van der Waals surface area contributed by atoms with Gasteiger partial charge in [-0.3, -0.25) is 4.79 Å². The molecule has 2 N–H and O–H groups in total. The van der Waals surface area contributed by atoms with E-state index in [1.54, 1.807) is 0 Å². The van der Waals surface area contributed by atoms with Gasteiger partial charge in [-0.05, 0) is 32.1 Å². The van der Waals surface area contributed by atoms with Crippen LogP contribution in [-0.2, 0) is 4.79 Å². The molecule has 0 aromatic rings. The first kappa shape index (κ1) is 20.2. The Bertz CT molecular complexity index is 261. The molecule has 0 aliphatic heterocycles. The summed E-state index contributed by atoms with van der Waals surface area (Å²) >= 11 is 0. The van der Waals surface area contributed by atoms with Crippen LogP contribution >= 0.6 is 0 Å². The Balaban J connectivity index is 3.26. The van der Waals surface area contributed by atoms with E-state index in [1.165, 1.54) is 25.7 Å². The van der Waals surface area contributed by atoms with Crippen molar-refractivity contribution in [3.05, 3.63) is 12.2 Å². The molecule has 1 atom stereocenters. The second-order valence-corrected chi connectivity index (χ2v) is 5.91. The predicted octanol–water partition coefficient (Wildman–Crippen LogP) is 5.08. The molecule has 3 heteroatoms. The molecular formula is C18H34O3. The zero-order valence-electron chi connectivity index (χ0n) is 13.7. The summed E-state index contributed by atoms with van der Waals surface area (Å²) in [6, 6.07) is 0. The number of hydrogen-bond acceptors (Lipinski definition) is 2. The van der Waals surface area contributed by atoms with Gasteiger partial charge in [0.25, 0.3) is 0 Å². The number of aliphatic hydroxyl groups excluding tert-OH is 1. The fraction of sp³-hybridized carbons (Fsp3) is 0.833. The van der Waals surface area contributed by atoms with Crippen LogP contribution in [0, 0.1) is 0 Å². The molecule has 3 nitrogen and oxygen atoms in total. The summed E-state index contributed by atoms with van der Waals surface area (Å²) in [5.41, 5.74) is 0. The lowest BCUT2D eigenvalue weighted by molar-refractivity contribution is -0.137. The number of carboxylic acid groups (broad SMARTS) is 1. The lowest BCUT2D eigenvalue weighted by Crippen LogP contribution is -2.04. The van der Waals surface area contributed by atoms with Gasteiger partial charge in [0, 0.05) is 6.42 Å².